The van der Waals surface area contributed by atoms with Crippen LogP contribution in [0.15, 0.2) is 203 Å². The number of hydrogen-bond donors (Lipinski definition) is 0. The lowest BCUT2D eigenvalue weighted by Crippen LogP contribution is -1.97. The molecule has 0 bridgehead atoms. The largest absolute Gasteiger partial charge is 0.456 e. The zero-order valence-corrected chi connectivity index (χ0v) is 31.2. The first-order valence-electron chi connectivity index (χ1n) is 19.7. The van der Waals surface area contributed by atoms with Crippen molar-refractivity contribution < 1.29 is 8.83 Å². The summed E-state index contributed by atoms with van der Waals surface area (Å²) in [5, 5.41) is 9.49. The van der Waals surface area contributed by atoms with Crippen LogP contribution in [0.2, 0.25) is 0 Å². The molecule has 58 heavy (non-hydrogen) atoms. The third kappa shape index (κ3) is 4.51. The van der Waals surface area contributed by atoms with Gasteiger partial charge >= 0.3 is 0 Å². The Hall–Kier alpha value is -7.82. The van der Waals surface area contributed by atoms with Gasteiger partial charge in [-0.3, -0.25) is 0 Å². The van der Waals surface area contributed by atoms with E-state index in [0.717, 1.165) is 55.3 Å². The van der Waals surface area contributed by atoms with Crippen molar-refractivity contribution in [2.45, 2.75) is 0 Å². The molecule has 0 amide bonds. The molecule has 13 aromatic rings. The van der Waals surface area contributed by atoms with Gasteiger partial charge in [0, 0.05) is 54.5 Å². The van der Waals surface area contributed by atoms with Gasteiger partial charge in [0.05, 0.1) is 22.1 Å². The zero-order chi connectivity index (χ0) is 37.9. The topological polar surface area (TPSA) is 36.1 Å². The lowest BCUT2D eigenvalue weighted by molar-refractivity contribution is 0.668. The van der Waals surface area contributed by atoms with Crippen LogP contribution >= 0.6 is 0 Å². The van der Waals surface area contributed by atoms with Gasteiger partial charge in [0.15, 0.2) is 0 Å². The molecule has 0 fully saturated rings. The van der Waals surface area contributed by atoms with Gasteiger partial charge in [-0.25, -0.2) is 0 Å². The first-order valence-corrected chi connectivity index (χ1v) is 19.7. The van der Waals surface area contributed by atoms with Gasteiger partial charge in [-0.15, -0.1) is 0 Å². The number of fused-ring (bicyclic) bond motifs is 12. The second kappa shape index (κ2) is 11.8. The van der Waals surface area contributed by atoms with Crippen LogP contribution in [-0.4, -0.2) is 9.13 Å². The van der Waals surface area contributed by atoms with E-state index in [0.29, 0.717) is 0 Å². The molecular formula is C54H32N2O2. The molecule has 0 saturated heterocycles. The molecule has 4 nitrogen and oxygen atoms in total. The fraction of sp³-hybridized carbons (Fsp3) is 0. The summed E-state index contributed by atoms with van der Waals surface area (Å²) >= 11 is 0. The summed E-state index contributed by atoms with van der Waals surface area (Å²) in [4.78, 5) is 0. The Labute approximate surface area is 332 Å². The molecule has 0 saturated carbocycles. The second-order valence-electron chi connectivity index (χ2n) is 15.3. The average molecular weight is 741 g/mol. The van der Waals surface area contributed by atoms with Crippen LogP contribution in [0.4, 0.5) is 0 Å². The number of para-hydroxylation sites is 4. The summed E-state index contributed by atoms with van der Waals surface area (Å²) in [6.07, 6.45) is 0. The van der Waals surface area contributed by atoms with Crippen molar-refractivity contribution in [2.24, 2.45) is 0 Å². The Bertz CT molecular complexity index is 3550. The minimum Gasteiger partial charge on any atom is -0.456 e. The first-order chi connectivity index (χ1) is 28.7. The van der Waals surface area contributed by atoms with E-state index in [4.69, 9.17) is 8.83 Å². The molecule has 4 aromatic heterocycles. The summed E-state index contributed by atoms with van der Waals surface area (Å²) in [6.45, 7) is 0. The predicted octanol–water partition coefficient (Wildman–Crippen LogP) is 15.0. The van der Waals surface area contributed by atoms with Crippen molar-refractivity contribution in [3.63, 3.8) is 0 Å². The molecule has 0 aliphatic heterocycles. The van der Waals surface area contributed by atoms with Crippen molar-refractivity contribution in [2.75, 3.05) is 0 Å². The number of furan rings is 2. The van der Waals surface area contributed by atoms with Crippen molar-refractivity contribution in [3.8, 4) is 33.6 Å². The summed E-state index contributed by atoms with van der Waals surface area (Å²) in [5.74, 6) is 0. The molecule has 0 atom stereocenters. The Kier molecular flexibility index (Phi) is 6.41. The molecule has 4 heterocycles. The van der Waals surface area contributed by atoms with Crippen LogP contribution in [0.25, 0.3) is 121 Å². The van der Waals surface area contributed by atoms with Crippen LogP contribution in [-0.2, 0) is 0 Å². The first kappa shape index (κ1) is 31.4. The molecular weight excluding hydrogens is 709 g/mol. The molecule has 0 aliphatic carbocycles. The van der Waals surface area contributed by atoms with Gasteiger partial charge in [-0.05, 0) is 119 Å². The van der Waals surface area contributed by atoms with Crippen LogP contribution in [0.1, 0.15) is 0 Å². The highest BCUT2D eigenvalue weighted by Crippen LogP contribution is 2.40. The maximum Gasteiger partial charge on any atom is 0.135 e. The van der Waals surface area contributed by atoms with Gasteiger partial charge in [0.1, 0.15) is 22.3 Å². The highest BCUT2D eigenvalue weighted by atomic mass is 16.3. The molecule has 0 N–H and O–H groups in total. The quantitative estimate of drug-likeness (QED) is 0.180. The summed E-state index contributed by atoms with van der Waals surface area (Å²) < 4.78 is 17.0. The molecule has 270 valence electrons. The number of benzene rings is 9. The highest BCUT2D eigenvalue weighted by Gasteiger charge is 2.17. The van der Waals surface area contributed by atoms with Crippen molar-refractivity contribution in [1.29, 1.82) is 0 Å². The maximum absolute atomic E-state index is 6.13. The van der Waals surface area contributed by atoms with Gasteiger partial charge in [-0.1, -0.05) is 97.1 Å². The van der Waals surface area contributed by atoms with E-state index in [1.54, 1.807) is 0 Å². The van der Waals surface area contributed by atoms with E-state index in [1.807, 2.05) is 24.3 Å². The zero-order valence-electron chi connectivity index (χ0n) is 31.2. The standard InChI is InChI=1S/C54H32N2O2/c1-5-13-47-39(9-1)43-29-33(35-19-27-53-45(31-35)41-11-3-7-15-51(41)57-53)17-25-49(43)55(47)37-21-23-38(24-22-37)56-48-14-6-2-10-40(48)44-30-34(18-26-50(44)56)36-20-28-54-46(32-36)42-12-4-8-16-52(42)58-54/h1-32H. The van der Waals surface area contributed by atoms with E-state index in [1.165, 1.54) is 65.9 Å². The van der Waals surface area contributed by atoms with E-state index in [9.17, 15) is 0 Å². The lowest BCUT2D eigenvalue weighted by Gasteiger charge is -2.12. The SMILES string of the molecule is c1ccc2c(c1)oc1ccc(-c3ccc4c(c3)c3ccccc3n4-c3ccc(-n4c5ccccc5c5cc(-c6ccc7oc8ccccc8c7c6)ccc54)cc3)cc12. The average Bonchev–Trinajstić information content (AvgIpc) is 4.03. The molecule has 9 aromatic carbocycles. The third-order valence-corrected chi connectivity index (χ3v) is 12.1. The normalized spacial score (nSPS) is 12.1. The van der Waals surface area contributed by atoms with Gasteiger partial charge in [-0.2, -0.15) is 0 Å². The van der Waals surface area contributed by atoms with Crippen LogP contribution in [0.3, 0.4) is 0 Å². The van der Waals surface area contributed by atoms with Gasteiger partial charge < -0.3 is 18.0 Å². The Morgan fingerprint density at radius 3 is 1.02 bits per heavy atom. The van der Waals surface area contributed by atoms with Crippen molar-refractivity contribution >= 4 is 87.5 Å². The summed E-state index contributed by atoms with van der Waals surface area (Å²) in [7, 11) is 0. The molecule has 0 unspecified atom stereocenters. The number of hydrogen-bond acceptors (Lipinski definition) is 2. The fourth-order valence-corrected chi connectivity index (χ4v) is 9.42. The number of rotatable bonds is 4. The second-order valence-corrected chi connectivity index (χ2v) is 15.3. The van der Waals surface area contributed by atoms with E-state index < -0.39 is 0 Å². The molecule has 13 rings (SSSR count). The molecule has 0 radical (unpaired) electrons. The number of nitrogens with zero attached hydrogens (tertiary/aromatic N) is 2. The van der Waals surface area contributed by atoms with Crippen LogP contribution < -0.4 is 0 Å². The van der Waals surface area contributed by atoms with Crippen LogP contribution in [0, 0.1) is 0 Å². The van der Waals surface area contributed by atoms with E-state index in [-0.39, 0.29) is 0 Å². The van der Waals surface area contributed by atoms with Crippen LogP contribution in [0.5, 0.6) is 0 Å². The smallest absolute Gasteiger partial charge is 0.135 e. The minimum atomic E-state index is 0.911. The van der Waals surface area contributed by atoms with E-state index >= 15 is 0 Å². The Morgan fingerprint density at radius 1 is 0.241 bits per heavy atom. The third-order valence-electron chi connectivity index (χ3n) is 12.1. The van der Waals surface area contributed by atoms with E-state index in [2.05, 4.69) is 179 Å². The Balaban J connectivity index is 0.912. The minimum absolute atomic E-state index is 0.911. The monoisotopic (exact) mass is 740 g/mol. The van der Waals surface area contributed by atoms with Gasteiger partial charge in [0.2, 0.25) is 0 Å². The highest BCUT2D eigenvalue weighted by molar-refractivity contribution is 6.13. The van der Waals surface area contributed by atoms with Gasteiger partial charge in [0.25, 0.3) is 0 Å². The molecule has 0 aliphatic rings. The number of aromatic nitrogens is 2. The summed E-state index contributed by atoms with van der Waals surface area (Å²) in [5.41, 5.74) is 15.3. The molecule has 4 heteroatoms. The fourth-order valence-electron chi connectivity index (χ4n) is 9.42. The Morgan fingerprint density at radius 2 is 0.569 bits per heavy atom. The lowest BCUT2D eigenvalue weighted by atomic mass is 10.0. The maximum atomic E-state index is 6.13. The summed E-state index contributed by atoms with van der Waals surface area (Å²) in [6, 6.07) is 69.8. The predicted molar refractivity (Wildman–Crippen MR) is 241 cm³/mol. The van der Waals surface area contributed by atoms with Crippen molar-refractivity contribution in [1.82, 2.24) is 9.13 Å². The van der Waals surface area contributed by atoms with Crippen molar-refractivity contribution in [3.05, 3.63) is 194 Å². The molecule has 0 spiro atoms.